The fraction of sp³-hybridized carbons (Fsp3) is 0.684. The second-order valence-electron chi connectivity index (χ2n) is 7.53. The summed E-state index contributed by atoms with van der Waals surface area (Å²) in [5.41, 5.74) is 2.93. The van der Waals surface area contributed by atoms with Crippen molar-refractivity contribution in [1.82, 2.24) is 4.90 Å². The maximum atomic E-state index is 6.08. The third-order valence-corrected chi connectivity index (χ3v) is 4.46. The predicted octanol–water partition coefficient (Wildman–Crippen LogP) is 4.00. The van der Waals surface area contributed by atoms with Gasteiger partial charge in [0, 0.05) is 19.2 Å². The van der Waals surface area contributed by atoms with Gasteiger partial charge in [-0.05, 0) is 37.8 Å². The largest absolute Gasteiger partial charge is 0.382 e. The van der Waals surface area contributed by atoms with Gasteiger partial charge in [0.1, 0.15) is 0 Å². The standard InChI is InChI=1S/C19H31NO2/c1-14(2)16-9-7-8-10-17(16)18-13-22-15(12-21-6)11-20(18)19(3,4)5/h7-10,14-15,18H,11-13H2,1-6H3. The molecule has 0 aromatic heterocycles. The van der Waals surface area contributed by atoms with Crippen molar-refractivity contribution in [3.05, 3.63) is 35.4 Å². The van der Waals surface area contributed by atoms with Crippen LogP contribution in [0.3, 0.4) is 0 Å². The predicted molar refractivity (Wildman–Crippen MR) is 91.3 cm³/mol. The molecule has 1 fully saturated rings. The number of hydrogen-bond acceptors (Lipinski definition) is 3. The van der Waals surface area contributed by atoms with Crippen LogP contribution < -0.4 is 0 Å². The van der Waals surface area contributed by atoms with Crippen LogP contribution in [-0.4, -0.2) is 43.4 Å². The quantitative estimate of drug-likeness (QED) is 0.839. The van der Waals surface area contributed by atoms with E-state index >= 15 is 0 Å². The first-order valence-corrected chi connectivity index (χ1v) is 8.30. The summed E-state index contributed by atoms with van der Waals surface area (Å²) < 4.78 is 11.4. The molecule has 1 aliphatic rings. The Balaban J connectivity index is 2.32. The van der Waals surface area contributed by atoms with Crippen molar-refractivity contribution >= 4 is 0 Å². The summed E-state index contributed by atoms with van der Waals surface area (Å²) in [6.45, 7) is 13.7. The molecule has 1 saturated heterocycles. The lowest BCUT2D eigenvalue weighted by Gasteiger charge is -2.47. The first-order valence-electron chi connectivity index (χ1n) is 8.30. The number of ether oxygens (including phenoxy) is 2. The highest BCUT2D eigenvalue weighted by Gasteiger charge is 2.37. The highest BCUT2D eigenvalue weighted by atomic mass is 16.5. The summed E-state index contributed by atoms with van der Waals surface area (Å²) in [6.07, 6.45) is 0.159. The Kier molecular flexibility index (Phi) is 5.65. The number of rotatable bonds is 4. The van der Waals surface area contributed by atoms with E-state index in [4.69, 9.17) is 9.47 Å². The van der Waals surface area contributed by atoms with Crippen LogP contribution in [0.2, 0.25) is 0 Å². The molecule has 2 atom stereocenters. The first kappa shape index (κ1) is 17.5. The zero-order chi connectivity index (χ0) is 16.3. The molecule has 22 heavy (non-hydrogen) atoms. The van der Waals surface area contributed by atoms with E-state index < -0.39 is 0 Å². The van der Waals surface area contributed by atoms with Crippen molar-refractivity contribution in [2.75, 3.05) is 26.9 Å². The molecule has 0 amide bonds. The van der Waals surface area contributed by atoms with Gasteiger partial charge in [-0.2, -0.15) is 0 Å². The Bertz CT molecular complexity index is 479. The summed E-state index contributed by atoms with van der Waals surface area (Å²) in [6, 6.07) is 9.11. The van der Waals surface area contributed by atoms with Gasteiger partial charge in [0.25, 0.3) is 0 Å². The third kappa shape index (κ3) is 3.89. The SMILES string of the molecule is COCC1CN(C(C)(C)C)C(c2ccccc2C(C)C)CO1. The molecule has 0 aliphatic carbocycles. The summed E-state index contributed by atoms with van der Waals surface area (Å²) in [5, 5.41) is 0. The van der Waals surface area contributed by atoms with Gasteiger partial charge < -0.3 is 9.47 Å². The van der Waals surface area contributed by atoms with E-state index in [-0.39, 0.29) is 11.6 Å². The van der Waals surface area contributed by atoms with E-state index in [2.05, 4.69) is 63.8 Å². The zero-order valence-corrected chi connectivity index (χ0v) is 14.9. The fourth-order valence-corrected chi connectivity index (χ4v) is 3.34. The Morgan fingerprint density at radius 2 is 1.95 bits per heavy atom. The van der Waals surface area contributed by atoms with Crippen molar-refractivity contribution in [2.45, 2.75) is 58.2 Å². The lowest BCUT2D eigenvalue weighted by Crippen LogP contribution is -2.54. The van der Waals surface area contributed by atoms with Crippen molar-refractivity contribution in [3.8, 4) is 0 Å². The molecule has 3 nitrogen and oxygen atoms in total. The van der Waals surface area contributed by atoms with Crippen LogP contribution in [0.15, 0.2) is 24.3 Å². The topological polar surface area (TPSA) is 21.7 Å². The van der Waals surface area contributed by atoms with Crippen molar-refractivity contribution in [2.24, 2.45) is 0 Å². The summed E-state index contributed by atoms with van der Waals surface area (Å²) in [7, 11) is 1.74. The number of benzene rings is 1. The van der Waals surface area contributed by atoms with E-state index in [0.29, 0.717) is 18.6 Å². The van der Waals surface area contributed by atoms with Gasteiger partial charge in [0.15, 0.2) is 0 Å². The molecule has 1 aromatic rings. The average Bonchev–Trinajstić information content (AvgIpc) is 2.46. The highest BCUT2D eigenvalue weighted by molar-refractivity contribution is 5.33. The van der Waals surface area contributed by atoms with Crippen LogP contribution in [0.25, 0.3) is 0 Å². The molecule has 3 heteroatoms. The average molecular weight is 305 g/mol. The maximum Gasteiger partial charge on any atom is 0.0936 e. The van der Waals surface area contributed by atoms with Gasteiger partial charge in [-0.15, -0.1) is 0 Å². The molecule has 1 aromatic carbocycles. The minimum Gasteiger partial charge on any atom is -0.382 e. The maximum absolute atomic E-state index is 6.08. The molecule has 0 bridgehead atoms. The van der Waals surface area contributed by atoms with Crippen molar-refractivity contribution in [1.29, 1.82) is 0 Å². The Morgan fingerprint density at radius 3 is 2.55 bits per heavy atom. The van der Waals surface area contributed by atoms with E-state index in [1.807, 2.05) is 0 Å². The molecule has 2 unspecified atom stereocenters. The molecule has 0 spiro atoms. The number of hydrogen-bond donors (Lipinski definition) is 0. The van der Waals surface area contributed by atoms with Gasteiger partial charge in [-0.25, -0.2) is 0 Å². The second kappa shape index (κ2) is 7.12. The molecule has 0 N–H and O–H groups in total. The molecule has 2 rings (SSSR count). The number of methoxy groups -OCH3 is 1. The fourth-order valence-electron chi connectivity index (χ4n) is 3.34. The van der Waals surface area contributed by atoms with Crippen molar-refractivity contribution < 1.29 is 9.47 Å². The smallest absolute Gasteiger partial charge is 0.0936 e. The van der Waals surface area contributed by atoms with Gasteiger partial charge in [0.2, 0.25) is 0 Å². The van der Waals surface area contributed by atoms with Gasteiger partial charge in [0.05, 0.1) is 25.4 Å². The zero-order valence-electron chi connectivity index (χ0n) is 14.9. The van der Waals surface area contributed by atoms with Crippen LogP contribution in [0, 0.1) is 0 Å². The van der Waals surface area contributed by atoms with Crippen molar-refractivity contribution in [3.63, 3.8) is 0 Å². The number of nitrogens with zero attached hydrogens (tertiary/aromatic N) is 1. The van der Waals surface area contributed by atoms with Gasteiger partial charge in [-0.3, -0.25) is 4.90 Å². The monoisotopic (exact) mass is 305 g/mol. The Labute approximate surface area is 135 Å². The van der Waals surface area contributed by atoms with E-state index in [0.717, 1.165) is 13.2 Å². The van der Waals surface area contributed by atoms with E-state index in [1.54, 1.807) is 7.11 Å². The second-order valence-corrected chi connectivity index (χ2v) is 7.53. The molecular formula is C19H31NO2. The first-order chi connectivity index (χ1) is 10.3. The molecule has 1 heterocycles. The summed E-state index contributed by atoms with van der Waals surface area (Å²) in [4.78, 5) is 2.57. The van der Waals surface area contributed by atoms with E-state index in [9.17, 15) is 0 Å². The summed E-state index contributed by atoms with van der Waals surface area (Å²) >= 11 is 0. The number of morpholine rings is 1. The Hall–Kier alpha value is -0.900. The minimum absolute atomic E-state index is 0.102. The third-order valence-electron chi connectivity index (χ3n) is 4.46. The lowest BCUT2D eigenvalue weighted by atomic mass is 9.89. The Morgan fingerprint density at radius 1 is 1.27 bits per heavy atom. The molecule has 124 valence electrons. The van der Waals surface area contributed by atoms with Crippen LogP contribution >= 0.6 is 0 Å². The normalized spacial score (nSPS) is 24.0. The lowest BCUT2D eigenvalue weighted by molar-refractivity contribution is -0.115. The van der Waals surface area contributed by atoms with Gasteiger partial charge in [-0.1, -0.05) is 38.1 Å². The van der Waals surface area contributed by atoms with Gasteiger partial charge >= 0.3 is 0 Å². The highest BCUT2D eigenvalue weighted by Crippen LogP contribution is 2.36. The molecule has 1 aliphatic heterocycles. The molecule has 0 radical (unpaired) electrons. The van der Waals surface area contributed by atoms with Crippen LogP contribution in [-0.2, 0) is 9.47 Å². The van der Waals surface area contributed by atoms with Crippen LogP contribution in [0.1, 0.15) is 57.7 Å². The molecular weight excluding hydrogens is 274 g/mol. The van der Waals surface area contributed by atoms with Crippen LogP contribution in [0.5, 0.6) is 0 Å². The van der Waals surface area contributed by atoms with Crippen LogP contribution in [0.4, 0.5) is 0 Å². The van der Waals surface area contributed by atoms with E-state index in [1.165, 1.54) is 11.1 Å². The molecule has 0 saturated carbocycles. The summed E-state index contributed by atoms with van der Waals surface area (Å²) in [5.74, 6) is 0.523. The minimum atomic E-state index is 0.102.